The van der Waals surface area contributed by atoms with Crippen LogP contribution in [-0.2, 0) is 0 Å². The number of hydrogen-bond acceptors (Lipinski definition) is 5. The van der Waals surface area contributed by atoms with E-state index in [4.69, 9.17) is 10.5 Å². The van der Waals surface area contributed by atoms with E-state index in [1.165, 1.54) is 19.2 Å². The van der Waals surface area contributed by atoms with Gasteiger partial charge in [-0.25, -0.2) is 0 Å². The third-order valence-corrected chi connectivity index (χ3v) is 2.05. The van der Waals surface area contributed by atoms with Crippen molar-refractivity contribution in [3.05, 3.63) is 28.3 Å². The smallest absolute Gasteiger partial charge is 0.275 e. The lowest BCUT2D eigenvalue weighted by Crippen LogP contribution is -2.08. The molecule has 0 spiro atoms. The lowest BCUT2D eigenvalue weighted by Gasteiger charge is -2.07. The maximum absolute atomic E-state index is 10.7. The molecule has 0 amide bonds. The van der Waals surface area contributed by atoms with Gasteiger partial charge in [0.25, 0.3) is 5.69 Å². The third-order valence-electron chi connectivity index (χ3n) is 2.05. The number of hydrogen-bond donors (Lipinski definition) is 2. The SMILES string of the molecule is COc1cc(NCCCN)cc([N+](=O)[O-])c1. The van der Waals surface area contributed by atoms with Gasteiger partial charge in [-0.05, 0) is 13.0 Å². The van der Waals surface area contributed by atoms with Gasteiger partial charge in [0.1, 0.15) is 5.75 Å². The second-order valence-corrected chi connectivity index (χ2v) is 3.25. The summed E-state index contributed by atoms with van der Waals surface area (Å²) >= 11 is 0. The lowest BCUT2D eigenvalue weighted by molar-refractivity contribution is -0.384. The lowest BCUT2D eigenvalue weighted by atomic mass is 10.2. The van der Waals surface area contributed by atoms with Gasteiger partial charge in [-0.15, -0.1) is 0 Å². The summed E-state index contributed by atoms with van der Waals surface area (Å²) < 4.78 is 4.98. The van der Waals surface area contributed by atoms with Crippen LogP contribution in [0.1, 0.15) is 6.42 Å². The summed E-state index contributed by atoms with van der Waals surface area (Å²) in [4.78, 5) is 10.2. The first-order valence-electron chi connectivity index (χ1n) is 4.94. The van der Waals surface area contributed by atoms with Crippen molar-refractivity contribution < 1.29 is 9.66 Å². The summed E-state index contributed by atoms with van der Waals surface area (Å²) in [6.45, 7) is 1.26. The van der Waals surface area contributed by atoms with E-state index in [1.54, 1.807) is 6.07 Å². The Morgan fingerprint density at radius 1 is 1.50 bits per heavy atom. The number of nitro groups is 1. The van der Waals surface area contributed by atoms with Gasteiger partial charge in [-0.3, -0.25) is 10.1 Å². The number of non-ortho nitro benzene ring substituents is 1. The molecule has 16 heavy (non-hydrogen) atoms. The fourth-order valence-corrected chi connectivity index (χ4v) is 1.24. The van der Waals surface area contributed by atoms with Gasteiger partial charge in [-0.2, -0.15) is 0 Å². The van der Waals surface area contributed by atoms with Crippen LogP contribution in [0, 0.1) is 10.1 Å². The van der Waals surface area contributed by atoms with Gasteiger partial charge >= 0.3 is 0 Å². The third kappa shape index (κ3) is 3.39. The summed E-state index contributed by atoms with van der Waals surface area (Å²) in [5.74, 6) is 0.462. The zero-order chi connectivity index (χ0) is 12.0. The molecule has 0 aliphatic heterocycles. The molecule has 0 aliphatic carbocycles. The molecule has 0 radical (unpaired) electrons. The maximum atomic E-state index is 10.7. The molecule has 3 N–H and O–H groups in total. The fourth-order valence-electron chi connectivity index (χ4n) is 1.24. The fraction of sp³-hybridized carbons (Fsp3) is 0.400. The normalized spacial score (nSPS) is 9.88. The van der Waals surface area contributed by atoms with E-state index in [2.05, 4.69) is 5.32 Å². The molecule has 0 aromatic heterocycles. The van der Waals surface area contributed by atoms with Crippen molar-refractivity contribution in [2.75, 3.05) is 25.5 Å². The van der Waals surface area contributed by atoms with E-state index in [0.717, 1.165) is 6.42 Å². The minimum absolute atomic E-state index is 0.00889. The predicted octanol–water partition coefficient (Wildman–Crippen LogP) is 1.36. The average Bonchev–Trinajstić information content (AvgIpc) is 2.29. The minimum Gasteiger partial charge on any atom is -0.496 e. The largest absolute Gasteiger partial charge is 0.496 e. The van der Waals surface area contributed by atoms with Crippen molar-refractivity contribution in [1.82, 2.24) is 0 Å². The van der Waals surface area contributed by atoms with Crippen molar-refractivity contribution in [3.8, 4) is 5.75 Å². The molecule has 0 heterocycles. The Bertz CT molecular complexity index is 368. The molecule has 1 rings (SSSR count). The Morgan fingerprint density at radius 2 is 2.25 bits per heavy atom. The highest BCUT2D eigenvalue weighted by Gasteiger charge is 2.09. The molecule has 0 atom stereocenters. The maximum Gasteiger partial charge on any atom is 0.275 e. The molecule has 1 aromatic rings. The monoisotopic (exact) mass is 225 g/mol. The average molecular weight is 225 g/mol. The Kier molecular flexibility index (Phi) is 4.53. The van der Waals surface area contributed by atoms with Gasteiger partial charge < -0.3 is 15.8 Å². The molecular formula is C10H15N3O3. The number of methoxy groups -OCH3 is 1. The van der Waals surface area contributed by atoms with E-state index < -0.39 is 4.92 Å². The summed E-state index contributed by atoms with van der Waals surface area (Å²) in [5, 5.41) is 13.7. The van der Waals surface area contributed by atoms with Crippen LogP contribution in [0.2, 0.25) is 0 Å². The van der Waals surface area contributed by atoms with Gasteiger partial charge in [0.15, 0.2) is 0 Å². The standard InChI is InChI=1S/C10H15N3O3/c1-16-10-6-8(12-4-2-3-11)5-9(7-10)13(14)15/h5-7,12H,2-4,11H2,1H3. The first-order chi connectivity index (χ1) is 7.67. The molecule has 6 heteroatoms. The van der Waals surface area contributed by atoms with Crippen LogP contribution >= 0.6 is 0 Å². The van der Waals surface area contributed by atoms with E-state index in [-0.39, 0.29) is 5.69 Å². The first-order valence-corrected chi connectivity index (χ1v) is 4.94. The molecule has 0 aliphatic rings. The molecule has 1 aromatic carbocycles. The quantitative estimate of drug-likeness (QED) is 0.433. The second kappa shape index (κ2) is 5.92. The molecule has 0 saturated heterocycles. The van der Waals surface area contributed by atoms with Crippen LogP contribution in [0.5, 0.6) is 5.75 Å². The number of rotatable bonds is 6. The number of nitrogens with zero attached hydrogens (tertiary/aromatic N) is 1. The Balaban J connectivity index is 2.82. The number of nitrogens with two attached hydrogens (primary N) is 1. The van der Waals surface area contributed by atoms with Crippen molar-refractivity contribution in [1.29, 1.82) is 0 Å². The molecule has 0 saturated carbocycles. The number of nitrogens with one attached hydrogen (secondary N) is 1. The highest BCUT2D eigenvalue weighted by atomic mass is 16.6. The molecule has 0 unspecified atom stereocenters. The molecule has 88 valence electrons. The van der Waals surface area contributed by atoms with Gasteiger partial charge in [-0.1, -0.05) is 0 Å². The molecule has 0 fully saturated rings. The number of nitro benzene ring substituents is 1. The van der Waals surface area contributed by atoms with Gasteiger partial charge in [0, 0.05) is 24.4 Å². The van der Waals surface area contributed by atoms with Gasteiger partial charge in [0.05, 0.1) is 18.1 Å². The second-order valence-electron chi connectivity index (χ2n) is 3.25. The van der Waals surface area contributed by atoms with Crippen LogP contribution in [0.4, 0.5) is 11.4 Å². The summed E-state index contributed by atoms with van der Waals surface area (Å²) in [5.41, 5.74) is 6.03. The summed E-state index contributed by atoms with van der Waals surface area (Å²) in [7, 11) is 1.47. The zero-order valence-corrected chi connectivity index (χ0v) is 9.10. The van der Waals surface area contributed by atoms with Crippen LogP contribution in [0.25, 0.3) is 0 Å². The zero-order valence-electron chi connectivity index (χ0n) is 9.10. The van der Waals surface area contributed by atoms with Crippen molar-refractivity contribution in [2.24, 2.45) is 5.73 Å². The minimum atomic E-state index is -0.448. The molecule has 0 bridgehead atoms. The summed E-state index contributed by atoms with van der Waals surface area (Å²) in [6, 6.07) is 4.57. The van der Waals surface area contributed by atoms with Crippen LogP contribution in [0.3, 0.4) is 0 Å². The number of benzene rings is 1. The number of ether oxygens (including phenoxy) is 1. The highest BCUT2D eigenvalue weighted by molar-refractivity contribution is 5.56. The molecular weight excluding hydrogens is 210 g/mol. The van der Waals surface area contributed by atoms with Crippen LogP contribution in [-0.4, -0.2) is 25.1 Å². The topological polar surface area (TPSA) is 90.4 Å². The van der Waals surface area contributed by atoms with E-state index in [9.17, 15) is 10.1 Å². The van der Waals surface area contributed by atoms with Gasteiger partial charge in [0.2, 0.25) is 0 Å². The first kappa shape index (κ1) is 12.3. The predicted molar refractivity (Wildman–Crippen MR) is 61.8 cm³/mol. The van der Waals surface area contributed by atoms with E-state index >= 15 is 0 Å². The van der Waals surface area contributed by atoms with Crippen LogP contribution < -0.4 is 15.8 Å². The number of anilines is 1. The van der Waals surface area contributed by atoms with Crippen molar-refractivity contribution in [3.63, 3.8) is 0 Å². The molecule has 6 nitrogen and oxygen atoms in total. The van der Waals surface area contributed by atoms with Crippen molar-refractivity contribution >= 4 is 11.4 Å². The van der Waals surface area contributed by atoms with E-state index in [0.29, 0.717) is 24.5 Å². The Labute approximate surface area is 93.5 Å². The Morgan fingerprint density at radius 3 is 2.81 bits per heavy atom. The van der Waals surface area contributed by atoms with Crippen molar-refractivity contribution in [2.45, 2.75) is 6.42 Å². The summed E-state index contributed by atoms with van der Waals surface area (Å²) in [6.07, 6.45) is 0.811. The Hall–Kier alpha value is -1.82. The highest BCUT2D eigenvalue weighted by Crippen LogP contribution is 2.25. The van der Waals surface area contributed by atoms with Crippen LogP contribution in [0.15, 0.2) is 18.2 Å². The van der Waals surface area contributed by atoms with E-state index in [1.807, 2.05) is 0 Å².